The maximum Gasteiger partial charge on any atom is 0.222 e. The van der Waals surface area contributed by atoms with Gasteiger partial charge in [0.05, 0.1) is 0 Å². The minimum atomic E-state index is 0.247. The van der Waals surface area contributed by atoms with Crippen molar-refractivity contribution in [3.63, 3.8) is 0 Å². The summed E-state index contributed by atoms with van der Waals surface area (Å²) in [6.07, 6.45) is 5.17. The molecule has 2 aliphatic rings. The van der Waals surface area contributed by atoms with Gasteiger partial charge in [-0.2, -0.15) is 0 Å². The fourth-order valence-electron chi connectivity index (χ4n) is 3.53. The molecule has 0 aromatic heterocycles. The van der Waals surface area contributed by atoms with Gasteiger partial charge in [0.1, 0.15) is 0 Å². The standard InChI is InChI=1S/C18H26N4O/c1-2-8-22-12-13(9-17(22)23)11-20-18(19)21-16-7-6-14-4-3-5-15(14)10-16/h6-7,10,13H,2-5,8-9,11-12H2,1H3,(H3,19,20,21). The lowest BCUT2D eigenvalue weighted by atomic mass is 10.1. The van der Waals surface area contributed by atoms with Crippen LogP contribution in [0.3, 0.4) is 0 Å². The summed E-state index contributed by atoms with van der Waals surface area (Å²) in [5.74, 6) is 0.968. The zero-order valence-corrected chi connectivity index (χ0v) is 13.8. The molecule has 1 atom stereocenters. The van der Waals surface area contributed by atoms with E-state index in [4.69, 9.17) is 5.73 Å². The minimum absolute atomic E-state index is 0.247. The Balaban J connectivity index is 1.53. The molecule has 1 fully saturated rings. The molecule has 1 unspecified atom stereocenters. The number of likely N-dealkylation sites (tertiary alicyclic amines) is 1. The molecule has 1 aromatic rings. The highest BCUT2D eigenvalue weighted by Crippen LogP contribution is 2.24. The second-order valence-electron chi connectivity index (χ2n) is 6.60. The largest absolute Gasteiger partial charge is 0.370 e. The minimum Gasteiger partial charge on any atom is -0.370 e. The highest BCUT2D eigenvalue weighted by molar-refractivity contribution is 5.92. The summed E-state index contributed by atoms with van der Waals surface area (Å²) >= 11 is 0. The summed E-state index contributed by atoms with van der Waals surface area (Å²) in [4.78, 5) is 18.2. The van der Waals surface area contributed by atoms with Crippen LogP contribution < -0.4 is 11.1 Å². The smallest absolute Gasteiger partial charge is 0.222 e. The Morgan fingerprint density at radius 2 is 2.22 bits per heavy atom. The Labute approximate surface area is 138 Å². The number of nitrogens with zero attached hydrogens (tertiary/aromatic N) is 2. The SMILES string of the molecule is CCCN1CC(CN=C(N)Nc2ccc3c(c2)CCC3)CC1=O. The van der Waals surface area contributed by atoms with Gasteiger partial charge in [0.15, 0.2) is 5.96 Å². The van der Waals surface area contributed by atoms with Gasteiger partial charge in [-0.25, -0.2) is 0 Å². The molecule has 0 radical (unpaired) electrons. The van der Waals surface area contributed by atoms with Crippen molar-refractivity contribution in [1.82, 2.24) is 4.90 Å². The predicted molar refractivity (Wildman–Crippen MR) is 93.6 cm³/mol. The summed E-state index contributed by atoms with van der Waals surface area (Å²) in [5, 5.41) is 3.17. The van der Waals surface area contributed by atoms with Crippen LogP contribution in [0.1, 0.15) is 37.3 Å². The van der Waals surface area contributed by atoms with E-state index in [2.05, 4.69) is 35.4 Å². The van der Waals surface area contributed by atoms with Gasteiger partial charge in [-0.15, -0.1) is 0 Å². The number of nitrogens with one attached hydrogen (secondary N) is 1. The maximum absolute atomic E-state index is 11.8. The lowest BCUT2D eigenvalue weighted by Crippen LogP contribution is -2.27. The number of hydrogen-bond acceptors (Lipinski definition) is 2. The van der Waals surface area contributed by atoms with Gasteiger partial charge in [-0.05, 0) is 48.9 Å². The lowest BCUT2D eigenvalue weighted by molar-refractivity contribution is -0.127. The Bertz CT molecular complexity index is 611. The number of hydrogen-bond donors (Lipinski definition) is 2. The molecule has 1 heterocycles. The van der Waals surface area contributed by atoms with Crippen LogP contribution in [0.4, 0.5) is 5.69 Å². The molecule has 23 heavy (non-hydrogen) atoms. The highest BCUT2D eigenvalue weighted by atomic mass is 16.2. The van der Waals surface area contributed by atoms with Crippen molar-refractivity contribution in [2.24, 2.45) is 16.6 Å². The zero-order valence-electron chi connectivity index (χ0n) is 13.8. The number of rotatable bonds is 5. The average molecular weight is 314 g/mol. The number of fused-ring (bicyclic) bond motifs is 1. The van der Waals surface area contributed by atoms with Gasteiger partial charge in [0.25, 0.3) is 0 Å². The monoisotopic (exact) mass is 314 g/mol. The molecule has 5 nitrogen and oxygen atoms in total. The van der Waals surface area contributed by atoms with Crippen LogP contribution in [0.5, 0.6) is 0 Å². The number of amides is 1. The normalized spacial score (nSPS) is 20.9. The topological polar surface area (TPSA) is 70.7 Å². The van der Waals surface area contributed by atoms with E-state index in [0.29, 0.717) is 18.9 Å². The van der Waals surface area contributed by atoms with E-state index >= 15 is 0 Å². The number of aliphatic imine (C=N–C) groups is 1. The van der Waals surface area contributed by atoms with E-state index in [1.165, 1.54) is 24.0 Å². The van der Waals surface area contributed by atoms with Gasteiger partial charge in [-0.1, -0.05) is 13.0 Å². The number of anilines is 1. The Kier molecular flexibility index (Phi) is 4.84. The van der Waals surface area contributed by atoms with Crippen molar-refractivity contribution in [1.29, 1.82) is 0 Å². The molecule has 1 aliphatic heterocycles. The highest BCUT2D eigenvalue weighted by Gasteiger charge is 2.28. The fourth-order valence-corrected chi connectivity index (χ4v) is 3.53. The molecule has 3 rings (SSSR count). The van der Waals surface area contributed by atoms with Crippen molar-refractivity contribution >= 4 is 17.6 Å². The molecule has 1 aliphatic carbocycles. The van der Waals surface area contributed by atoms with E-state index in [1.807, 2.05) is 4.90 Å². The molecule has 1 saturated heterocycles. The van der Waals surface area contributed by atoms with Gasteiger partial charge in [0, 0.05) is 37.7 Å². The Morgan fingerprint density at radius 1 is 1.39 bits per heavy atom. The lowest BCUT2D eigenvalue weighted by Gasteiger charge is -2.14. The van der Waals surface area contributed by atoms with Crippen molar-refractivity contribution in [2.45, 2.75) is 39.0 Å². The third-order valence-corrected chi connectivity index (χ3v) is 4.68. The van der Waals surface area contributed by atoms with Crippen LogP contribution in [-0.4, -0.2) is 36.4 Å². The van der Waals surface area contributed by atoms with E-state index < -0.39 is 0 Å². The van der Waals surface area contributed by atoms with E-state index in [1.54, 1.807) is 0 Å². The third kappa shape index (κ3) is 3.84. The first-order valence-electron chi connectivity index (χ1n) is 8.62. The van der Waals surface area contributed by atoms with Crippen LogP contribution in [-0.2, 0) is 17.6 Å². The molecular formula is C18H26N4O. The van der Waals surface area contributed by atoms with E-state index in [9.17, 15) is 4.79 Å². The zero-order chi connectivity index (χ0) is 16.2. The summed E-state index contributed by atoms with van der Waals surface area (Å²) in [6, 6.07) is 6.41. The van der Waals surface area contributed by atoms with Crippen molar-refractivity contribution in [3.05, 3.63) is 29.3 Å². The van der Waals surface area contributed by atoms with Crippen LogP contribution in [0.15, 0.2) is 23.2 Å². The van der Waals surface area contributed by atoms with Crippen LogP contribution in [0, 0.1) is 5.92 Å². The summed E-state index contributed by atoms with van der Waals surface area (Å²) in [5.41, 5.74) is 9.87. The summed E-state index contributed by atoms with van der Waals surface area (Å²) in [6.45, 7) is 4.36. The second-order valence-corrected chi connectivity index (χ2v) is 6.60. The quantitative estimate of drug-likeness (QED) is 0.646. The fraction of sp³-hybridized carbons (Fsp3) is 0.556. The number of aryl methyl sites for hydroxylation is 2. The van der Waals surface area contributed by atoms with E-state index in [-0.39, 0.29) is 11.8 Å². The van der Waals surface area contributed by atoms with Gasteiger partial charge < -0.3 is 16.0 Å². The second kappa shape index (κ2) is 7.02. The molecule has 1 aromatic carbocycles. The van der Waals surface area contributed by atoms with Crippen molar-refractivity contribution in [2.75, 3.05) is 25.0 Å². The summed E-state index contributed by atoms with van der Waals surface area (Å²) < 4.78 is 0. The molecular weight excluding hydrogens is 288 g/mol. The molecule has 5 heteroatoms. The molecule has 0 spiro atoms. The Morgan fingerprint density at radius 3 is 3.04 bits per heavy atom. The first-order chi connectivity index (χ1) is 11.2. The third-order valence-electron chi connectivity index (χ3n) is 4.68. The molecule has 0 bridgehead atoms. The first kappa shape index (κ1) is 15.8. The van der Waals surface area contributed by atoms with Crippen LogP contribution in [0.25, 0.3) is 0 Å². The first-order valence-corrected chi connectivity index (χ1v) is 8.62. The number of carbonyl (C=O) groups excluding carboxylic acids is 1. The molecule has 0 saturated carbocycles. The van der Waals surface area contributed by atoms with Crippen LogP contribution in [0.2, 0.25) is 0 Å². The Hall–Kier alpha value is -2.04. The molecule has 1 amide bonds. The van der Waals surface area contributed by atoms with Gasteiger partial charge in [0.2, 0.25) is 5.91 Å². The number of benzene rings is 1. The molecule has 124 valence electrons. The van der Waals surface area contributed by atoms with E-state index in [0.717, 1.165) is 31.6 Å². The van der Waals surface area contributed by atoms with Gasteiger partial charge in [-0.3, -0.25) is 9.79 Å². The van der Waals surface area contributed by atoms with Gasteiger partial charge >= 0.3 is 0 Å². The maximum atomic E-state index is 11.8. The molecule has 3 N–H and O–H groups in total. The number of guanidine groups is 1. The predicted octanol–water partition coefficient (Wildman–Crippen LogP) is 2.16. The van der Waals surface area contributed by atoms with Crippen molar-refractivity contribution in [3.8, 4) is 0 Å². The number of nitrogens with two attached hydrogens (primary N) is 1. The van der Waals surface area contributed by atoms with Crippen molar-refractivity contribution < 1.29 is 4.79 Å². The van der Waals surface area contributed by atoms with Crippen LogP contribution >= 0.6 is 0 Å². The average Bonchev–Trinajstić information content (AvgIpc) is 3.12. The summed E-state index contributed by atoms with van der Waals surface area (Å²) in [7, 11) is 0. The number of carbonyl (C=O) groups is 1.